The lowest BCUT2D eigenvalue weighted by molar-refractivity contribution is -0.383. The Labute approximate surface area is 295 Å². The van der Waals surface area contributed by atoms with Crippen LogP contribution < -0.4 is 10.4 Å². The molecule has 15 heteroatoms. The molecule has 0 amide bonds. The van der Waals surface area contributed by atoms with Crippen molar-refractivity contribution in [2.45, 2.75) is 108 Å². The van der Waals surface area contributed by atoms with Gasteiger partial charge in [-0.15, -0.1) is 0 Å². The van der Waals surface area contributed by atoms with Crippen LogP contribution in [0.3, 0.4) is 0 Å². The van der Waals surface area contributed by atoms with Crippen molar-refractivity contribution in [2.24, 2.45) is 17.3 Å². The van der Waals surface area contributed by atoms with E-state index in [1.165, 1.54) is 11.6 Å². The Kier molecular flexibility index (Phi) is 12.3. The van der Waals surface area contributed by atoms with E-state index in [1.807, 2.05) is 26.0 Å². The number of hydrogen-bond acceptors (Lipinski definition) is 15. The average Bonchev–Trinajstić information content (AvgIpc) is 3.34. The second kappa shape index (κ2) is 16.0. The van der Waals surface area contributed by atoms with Gasteiger partial charge in [0.1, 0.15) is 67.3 Å². The van der Waals surface area contributed by atoms with Crippen molar-refractivity contribution in [3.63, 3.8) is 0 Å². The van der Waals surface area contributed by atoms with Crippen LogP contribution in [0.4, 0.5) is 0 Å². The van der Waals surface area contributed by atoms with Gasteiger partial charge >= 0.3 is 11.6 Å². The highest BCUT2D eigenvalue weighted by molar-refractivity contribution is 5.77. The summed E-state index contributed by atoms with van der Waals surface area (Å²) in [5.41, 5.74) is 1.91. The molecule has 284 valence electrons. The molecule has 1 aromatic heterocycles. The zero-order valence-electron chi connectivity index (χ0n) is 29.2. The van der Waals surface area contributed by atoms with Gasteiger partial charge in [-0.25, -0.2) is 4.79 Å². The molecule has 0 bridgehead atoms. The third-order valence-corrected chi connectivity index (χ3v) is 10.8. The van der Waals surface area contributed by atoms with Gasteiger partial charge in [0.15, 0.2) is 6.29 Å². The summed E-state index contributed by atoms with van der Waals surface area (Å²) < 4.78 is 33.6. The Morgan fingerprint density at radius 2 is 1.69 bits per heavy atom. The van der Waals surface area contributed by atoms with E-state index in [2.05, 4.69) is 13.8 Å². The normalized spacial score (nSPS) is 37.0. The van der Waals surface area contributed by atoms with Crippen LogP contribution in [0, 0.1) is 17.3 Å². The van der Waals surface area contributed by atoms with E-state index in [9.17, 15) is 45.3 Å². The van der Waals surface area contributed by atoms with E-state index < -0.39 is 91.6 Å². The molecule has 1 saturated carbocycles. The van der Waals surface area contributed by atoms with Crippen LogP contribution in [0.5, 0.6) is 5.75 Å². The van der Waals surface area contributed by atoms with Crippen LogP contribution in [-0.4, -0.2) is 123 Å². The maximum absolute atomic E-state index is 13.2. The lowest BCUT2D eigenvalue weighted by Gasteiger charge is -2.48. The minimum Gasteiger partial charge on any atom is -0.493 e. The Hall–Kier alpha value is -2.96. The van der Waals surface area contributed by atoms with Crippen molar-refractivity contribution in [2.75, 3.05) is 26.4 Å². The first-order chi connectivity index (χ1) is 24.1. The van der Waals surface area contributed by atoms with Crippen LogP contribution in [0.2, 0.25) is 0 Å². The summed E-state index contributed by atoms with van der Waals surface area (Å²) >= 11 is 0. The molecule has 1 aliphatic carbocycles. The van der Waals surface area contributed by atoms with Crippen molar-refractivity contribution in [3.05, 3.63) is 51.9 Å². The third kappa shape index (κ3) is 8.03. The Morgan fingerprint density at radius 3 is 2.35 bits per heavy atom. The molecule has 51 heavy (non-hydrogen) atoms. The summed E-state index contributed by atoms with van der Waals surface area (Å²) in [6.07, 6.45) is -11.3. The molecule has 5 rings (SSSR count). The summed E-state index contributed by atoms with van der Waals surface area (Å²) in [7, 11) is 0. The van der Waals surface area contributed by atoms with Gasteiger partial charge < -0.3 is 63.8 Å². The van der Waals surface area contributed by atoms with E-state index in [4.69, 9.17) is 28.1 Å². The number of carbonyl (C=O) groups excluding carboxylic acids is 1. The highest BCUT2D eigenvalue weighted by Gasteiger charge is 2.58. The second-order valence-corrected chi connectivity index (χ2v) is 14.3. The molecular formula is C36H50O15. The minimum absolute atomic E-state index is 0.000351. The summed E-state index contributed by atoms with van der Waals surface area (Å²) in [5, 5.41) is 72.6. The van der Waals surface area contributed by atoms with Crippen molar-refractivity contribution in [1.29, 1.82) is 0 Å². The number of fused-ring (bicyclic) bond motifs is 1. The first kappa shape index (κ1) is 39.3. The van der Waals surface area contributed by atoms with Gasteiger partial charge in [0.05, 0.1) is 13.2 Å². The largest absolute Gasteiger partial charge is 0.493 e. The average molecular weight is 723 g/mol. The fraction of sp³-hybridized carbons (Fsp3) is 0.667. The number of aliphatic hydroxyl groups excluding tert-OH is 7. The van der Waals surface area contributed by atoms with Crippen LogP contribution >= 0.6 is 0 Å². The van der Waals surface area contributed by atoms with Gasteiger partial charge in [0.25, 0.3) is 0 Å². The standard InChI is InChI=1S/C36H50O15/c1-18(2)22-9-5-19(3)23(15-46-21-8-6-20-7-10-28(40)48-24(20)13-21)35(22,4)12-11-27(39)47-16-26-29(41)31(43)32(44)34(49-26)51-36(17-38)33(45)30(42)25(14-37)50-36/h6-8,10,13,19,23,25-26,29-34,37-38,41-45H,5,9,11-12,14-17H2,1-4H3/t19-,23+,25-,26+,29+,30+,31-,32+,33+,34-,35-,36+/m1/s1. The molecule has 2 aliphatic heterocycles. The monoisotopic (exact) mass is 722 g/mol. The smallest absolute Gasteiger partial charge is 0.336 e. The quantitative estimate of drug-likeness (QED) is 0.0898. The molecule has 3 heterocycles. The van der Waals surface area contributed by atoms with Crippen LogP contribution in [0.15, 0.2) is 50.7 Å². The number of ether oxygens (including phenoxy) is 5. The number of rotatable bonds is 12. The summed E-state index contributed by atoms with van der Waals surface area (Å²) in [6.45, 7) is 6.45. The second-order valence-electron chi connectivity index (χ2n) is 14.3. The molecule has 15 nitrogen and oxygen atoms in total. The zero-order chi connectivity index (χ0) is 37.2. The number of hydrogen-bond donors (Lipinski definition) is 7. The zero-order valence-corrected chi connectivity index (χ0v) is 29.2. The van der Waals surface area contributed by atoms with E-state index in [-0.39, 0.29) is 18.3 Å². The van der Waals surface area contributed by atoms with Crippen LogP contribution in [0.25, 0.3) is 11.0 Å². The molecule has 1 aromatic carbocycles. The molecule has 0 spiro atoms. The van der Waals surface area contributed by atoms with E-state index in [0.717, 1.165) is 23.8 Å². The Balaban J connectivity index is 1.24. The molecule has 0 radical (unpaired) electrons. The molecule has 3 fully saturated rings. The van der Waals surface area contributed by atoms with Gasteiger partial charge in [-0.05, 0) is 62.6 Å². The van der Waals surface area contributed by atoms with Crippen molar-refractivity contribution >= 4 is 16.9 Å². The van der Waals surface area contributed by atoms with Gasteiger partial charge in [0, 0.05) is 29.9 Å². The lowest BCUT2D eigenvalue weighted by Crippen LogP contribution is -2.62. The molecule has 12 atom stereocenters. The minimum atomic E-state index is -2.33. The SMILES string of the molecule is CC(C)=C1CC[C@@H](C)[C@H](COc2ccc3ccc(=O)oc3c2)[C@]1(C)CCC(=O)OC[C@@H]1O[C@H](O[C@]2(CO)O[C@H](CO)[C@H](O)[C@@H]2O)[C@@H](O)[C@H](O)[C@H]1O. The van der Waals surface area contributed by atoms with Crippen molar-refractivity contribution in [1.82, 2.24) is 0 Å². The summed E-state index contributed by atoms with van der Waals surface area (Å²) in [4.78, 5) is 24.9. The van der Waals surface area contributed by atoms with Gasteiger partial charge in [-0.2, -0.15) is 0 Å². The summed E-state index contributed by atoms with van der Waals surface area (Å²) in [5.74, 6) is -2.12. The number of benzene rings is 1. The highest BCUT2D eigenvalue weighted by Crippen LogP contribution is 2.52. The molecule has 2 aromatic rings. The highest BCUT2D eigenvalue weighted by atomic mass is 16.8. The van der Waals surface area contributed by atoms with Crippen LogP contribution in [-0.2, 0) is 23.7 Å². The summed E-state index contributed by atoms with van der Waals surface area (Å²) in [6, 6.07) is 8.38. The Bertz CT molecular complexity index is 1600. The fourth-order valence-electron chi connectivity index (χ4n) is 7.76. The maximum Gasteiger partial charge on any atom is 0.336 e. The predicted molar refractivity (Wildman–Crippen MR) is 178 cm³/mol. The van der Waals surface area contributed by atoms with Crippen molar-refractivity contribution in [3.8, 4) is 5.75 Å². The van der Waals surface area contributed by atoms with Crippen LogP contribution in [0.1, 0.15) is 53.4 Å². The van der Waals surface area contributed by atoms with E-state index >= 15 is 0 Å². The Morgan fingerprint density at radius 1 is 0.961 bits per heavy atom. The molecular weight excluding hydrogens is 672 g/mol. The number of aliphatic hydroxyl groups is 7. The van der Waals surface area contributed by atoms with Gasteiger partial charge in [-0.1, -0.05) is 25.0 Å². The van der Waals surface area contributed by atoms with Crippen molar-refractivity contribution < 1.29 is 68.6 Å². The number of allylic oxidation sites excluding steroid dienone is 2. The molecule has 7 N–H and O–H groups in total. The topological polar surface area (TPSA) is 235 Å². The molecule has 3 aliphatic rings. The lowest BCUT2D eigenvalue weighted by atomic mass is 9.58. The first-order valence-corrected chi connectivity index (χ1v) is 17.3. The number of esters is 1. The van der Waals surface area contributed by atoms with Gasteiger partial charge in [-0.3, -0.25) is 4.79 Å². The number of carbonyl (C=O) groups is 1. The molecule has 2 saturated heterocycles. The third-order valence-electron chi connectivity index (χ3n) is 10.8. The maximum atomic E-state index is 13.2. The fourth-order valence-corrected chi connectivity index (χ4v) is 7.76. The van der Waals surface area contributed by atoms with E-state index in [0.29, 0.717) is 24.4 Å². The predicted octanol–water partition coefficient (Wildman–Crippen LogP) is 0.510. The first-order valence-electron chi connectivity index (χ1n) is 17.3. The van der Waals surface area contributed by atoms with E-state index in [1.54, 1.807) is 12.1 Å². The molecule has 0 unspecified atom stereocenters. The van der Waals surface area contributed by atoms with Gasteiger partial charge in [0.2, 0.25) is 5.79 Å².